The van der Waals surface area contributed by atoms with E-state index in [1.807, 2.05) is 36.4 Å². The number of amides is 1. The fraction of sp³-hybridized carbons (Fsp3) is 0.240. The van der Waals surface area contributed by atoms with Crippen molar-refractivity contribution in [2.45, 2.75) is 31.5 Å². The minimum atomic E-state index is -0.895. The summed E-state index contributed by atoms with van der Waals surface area (Å²) in [4.78, 5) is 12.9. The number of hydrogen-bond acceptors (Lipinski definition) is 3. The van der Waals surface area contributed by atoms with Gasteiger partial charge in [-0.15, -0.1) is 0 Å². The summed E-state index contributed by atoms with van der Waals surface area (Å²) in [5, 5.41) is 2.97. The molecular formula is C25H24FNO3. The number of hydrogen-bond donors (Lipinski definition) is 1. The van der Waals surface area contributed by atoms with Crippen LogP contribution < -0.4 is 10.1 Å². The van der Waals surface area contributed by atoms with Crippen LogP contribution in [0, 0.1) is 5.82 Å². The monoisotopic (exact) mass is 405 g/mol. The predicted octanol–water partition coefficient (Wildman–Crippen LogP) is 5.58. The minimum absolute atomic E-state index is 0.172. The largest absolute Gasteiger partial charge is 0.477 e. The molecule has 154 valence electrons. The molecule has 1 saturated carbocycles. The molecule has 0 aromatic heterocycles. The fourth-order valence-corrected chi connectivity index (χ4v) is 3.55. The topological polar surface area (TPSA) is 47.6 Å². The average Bonchev–Trinajstić information content (AvgIpc) is 2.73. The van der Waals surface area contributed by atoms with Gasteiger partial charge in [-0.25, -0.2) is 4.39 Å². The van der Waals surface area contributed by atoms with Gasteiger partial charge in [0.2, 0.25) is 0 Å². The van der Waals surface area contributed by atoms with E-state index in [1.165, 1.54) is 12.1 Å². The molecular weight excluding hydrogens is 381 g/mol. The summed E-state index contributed by atoms with van der Waals surface area (Å²) in [5.74, 6) is -0.00357. The molecule has 1 aliphatic carbocycles. The molecule has 0 bridgehead atoms. The zero-order chi connectivity index (χ0) is 21.0. The highest BCUT2D eigenvalue weighted by molar-refractivity contribution is 5.98. The number of halogens is 1. The number of methoxy groups -OCH3 is 1. The van der Waals surface area contributed by atoms with Crippen LogP contribution in [0.3, 0.4) is 0 Å². The quantitative estimate of drug-likeness (QED) is 0.558. The summed E-state index contributed by atoms with van der Waals surface area (Å²) in [6.45, 7) is 0.590. The SMILES string of the molecule is COCc1ccc(-c2ccc(NC(=O)C3(Oc4ccc(F)cc4)CCC3)cc2)cc1. The molecule has 0 saturated heterocycles. The second-order valence-corrected chi connectivity index (χ2v) is 7.57. The molecule has 4 rings (SSSR count). The standard InChI is InChI=1S/C25H24FNO3/c1-29-17-18-3-5-19(6-4-18)20-7-11-22(12-8-20)27-24(28)25(15-2-16-25)30-23-13-9-21(26)10-14-23/h3-14H,2,15-17H2,1H3,(H,27,28). The van der Waals surface area contributed by atoms with Crippen molar-refractivity contribution in [3.8, 4) is 16.9 Å². The lowest BCUT2D eigenvalue weighted by atomic mass is 9.79. The van der Waals surface area contributed by atoms with Crippen LogP contribution in [0.1, 0.15) is 24.8 Å². The molecule has 3 aromatic rings. The zero-order valence-corrected chi connectivity index (χ0v) is 16.9. The highest BCUT2D eigenvalue weighted by Crippen LogP contribution is 2.38. The smallest absolute Gasteiger partial charge is 0.268 e. The number of nitrogens with one attached hydrogen (secondary N) is 1. The van der Waals surface area contributed by atoms with Crippen molar-refractivity contribution in [3.63, 3.8) is 0 Å². The summed E-state index contributed by atoms with van der Waals surface area (Å²) >= 11 is 0. The minimum Gasteiger partial charge on any atom is -0.477 e. The zero-order valence-electron chi connectivity index (χ0n) is 16.9. The maximum Gasteiger partial charge on any atom is 0.268 e. The van der Waals surface area contributed by atoms with Gasteiger partial charge in [0.05, 0.1) is 6.61 Å². The Morgan fingerprint density at radius 3 is 2.07 bits per heavy atom. The van der Waals surface area contributed by atoms with Crippen LogP contribution in [-0.4, -0.2) is 18.6 Å². The van der Waals surface area contributed by atoms with Crippen molar-refractivity contribution >= 4 is 11.6 Å². The van der Waals surface area contributed by atoms with Crippen molar-refractivity contribution in [2.24, 2.45) is 0 Å². The summed E-state index contributed by atoms with van der Waals surface area (Å²) in [6.07, 6.45) is 2.21. The Kier molecular flexibility index (Phi) is 5.81. The van der Waals surface area contributed by atoms with Gasteiger partial charge in [-0.3, -0.25) is 4.79 Å². The molecule has 3 aromatic carbocycles. The van der Waals surface area contributed by atoms with E-state index in [4.69, 9.17) is 9.47 Å². The van der Waals surface area contributed by atoms with Gasteiger partial charge in [0.15, 0.2) is 5.60 Å². The van der Waals surface area contributed by atoms with Crippen LogP contribution in [0.5, 0.6) is 5.75 Å². The molecule has 1 N–H and O–H groups in total. The van der Waals surface area contributed by atoms with E-state index in [2.05, 4.69) is 17.4 Å². The van der Waals surface area contributed by atoms with Gasteiger partial charge in [0, 0.05) is 12.8 Å². The lowest BCUT2D eigenvalue weighted by molar-refractivity contribution is -0.138. The molecule has 1 fully saturated rings. The first-order chi connectivity index (χ1) is 14.6. The Morgan fingerprint density at radius 1 is 0.933 bits per heavy atom. The molecule has 30 heavy (non-hydrogen) atoms. The molecule has 4 nitrogen and oxygen atoms in total. The van der Waals surface area contributed by atoms with Crippen molar-refractivity contribution in [2.75, 3.05) is 12.4 Å². The van der Waals surface area contributed by atoms with Gasteiger partial charge >= 0.3 is 0 Å². The number of benzene rings is 3. The van der Waals surface area contributed by atoms with Crippen LogP contribution in [0.2, 0.25) is 0 Å². The molecule has 0 unspecified atom stereocenters. The Bertz CT molecular complexity index is 994. The molecule has 0 atom stereocenters. The third-order valence-corrected chi connectivity index (χ3v) is 5.44. The fourth-order valence-electron chi connectivity index (χ4n) is 3.55. The second-order valence-electron chi connectivity index (χ2n) is 7.57. The Hall–Kier alpha value is -3.18. The number of anilines is 1. The second kappa shape index (κ2) is 8.67. The molecule has 1 amide bonds. The third kappa shape index (κ3) is 4.36. The van der Waals surface area contributed by atoms with Crippen LogP contribution in [0.25, 0.3) is 11.1 Å². The van der Waals surface area contributed by atoms with E-state index in [9.17, 15) is 9.18 Å². The van der Waals surface area contributed by atoms with E-state index >= 15 is 0 Å². The van der Waals surface area contributed by atoms with E-state index < -0.39 is 5.60 Å². The van der Waals surface area contributed by atoms with E-state index in [1.54, 1.807) is 19.2 Å². The first-order valence-corrected chi connectivity index (χ1v) is 10.0. The number of rotatable bonds is 7. The predicted molar refractivity (Wildman–Crippen MR) is 115 cm³/mol. The number of carbonyl (C=O) groups is 1. The van der Waals surface area contributed by atoms with Crippen molar-refractivity contribution in [1.82, 2.24) is 0 Å². The van der Waals surface area contributed by atoms with Gasteiger partial charge in [-0.05, 0) is 72.4 Å². The number of carbonyl (C=O) groups excluding carboxylic acids is 1. The lowest BCUT2D eigenvalue weighted by Gasteiger charge is -2.40. The van der Waals surface area contributed by atoms with Crippen molar-refractivity contribution in [1.29, 1.82) is 0 Å². The Balaban J connectivity index is 1.43. The van der Waals surface area contributed by atoms with Crippen molar-refractivity contribution in [3.05, 3.63) is 84.2 Å². The highest BCUT2D eigenvalue weighted by atomic mass is 19.1. The van der Waals surface area contributed by atoms with Gasteiger partial charge in [0.1, 0.15) is 11.6 Å². The summed E-state index contributed by atoms with van der Waals surface area (Å²) in [5.41, 5.74) is 3.11. The first kappa shape index (κ1) is 20.1. The maximum absolute atomic E-state index is 13.1. The highest BCUT2D eigenvalue weighted by Gasteiger charge is 2.46. The molecule has 5 heteroatoms. The van der Waals surface area contributed by atoms with Gasteiger partial charge in [-0.2, -0.15) is 0 Å². The molecule has 1 aliphatic rings. The van der Waals surface area contributed by atoms with E-state index in [0.717, 1.165) is 23.1 Å². The Morgan fingerprint density at radius 2 is 1.53 bits per heavy atom. The van der Waals surface area contributed by atoms with Crippen LogP contribution in [-0.2, 0) is 16.1 Å². The maximum atomic E-state index is 13.1. The van der Waals surface area contributed by atoms with Gasteiger partial charge in [-0.1, -0.05) is 36.4 Å². The van der Waals surface area contributed by atoms with Crippen LogP contribution >= 0.6 is 0 Å². The third-order valence-electron chi connectivity index (χ3n) is 5.44. The van der Waals surface area contributed by atoms with E-state index in [-0.39, 0.29) is 11.7 Å². The normalized spacial score (nSPS) is 14.6. The molecule has 0 spiro atoms. The van der Waals surface area contributed by atoms with Crippen LogP contribution in [0.15, 0.2) is 72.8 Å². The Labute approximate surface area is 175 Å². The average molecular weight is 405 g/mol. The van der Waals surface area contributed by atoms with Crippen LogP contribution in [0.4, 0.5) is 10.1 Å². The summed E-state index contributed by atoms with van der Waals surface area (Å²) in [6, 6.07) is 21.7. The molecule has 0 heterocycles. The van der Waals surface area contributed by atoms with Crippen molar-refractivity contribution < 1.29 is 18.7 Å². The summed E-state index contributed by atoms with van der Waals surface area (Å²) < 4.78 is 24.2. The molecule has 0 radical (unpaired) electrons. The lowest BCUT2D eigenvalue weighted by Crippen LogP contribution is -2.53. The van der Waals surface area contributed by atoms with E-state index in [0.29, 0.717) is 30.9 Å². The summed E-state index contributed by atoms with van der Waals surface area (Å²) in [7, 11) is 1.68. The number of ether oxygens (including phenoxy) is 2. The first-order valence-electron chi connectivity index (χ1n) is 10.0. The van der Waals surface area contributed by atoms with Gasteiger partial charge < -0.3 is 14.8 Å². The van der Waals surface area contributed by atoms with Gasteiger partial charge in [0.25, 0.3) is 5.91 Å². The molecule has 0 aliphatic heterocycles.